The Morgan fingerprint density at radius 3 is 2.69 bits per heavy atom. The zero-order valence-electron chi connectivity index (χ0n) is 8.85. The molecule has 0 nitrogen and oxygen atoms in total. The molecule has 0 heterocycles. The van der Waals surface area contributed by atoms with Crippen LogP contribution < -0.4 is 0 Å². The summed E-state index contributed by atoms with van der Waals surface area (Å²) in [6.45, 7) is 4.75. The minimum Gasteiger partial charge on any atom is -0.126 e. The largest absolute Gasteiger partial charge is 0.126 e. The van der Waals surface area contributed by atoms with Gasteiger partial charge in [0.15, 0.2) is 0 Å². The van der Waals surface area contributed by atoms with Crippen molar-refractivity contribution >= 4 is 11.6 Å². The normalized spacial score (nSPS) is 44.3. The first-order chi connectivity index (χ1) is 6.18. The van der Waals surface area contributed by atoms with E-state index in [9.17, 15) is 0 Å². The third kappa shape index (κ3) is 1.75. The average Bonchev–Trinajstić information content (AvgIpc) is 2.78. The standard InChI is InChI=1S/C12H21Cl/c1-9(2)10-4-3-5-12(6-10)7-11(12)8-13/h9-11H,3-8H2,1-2H3. The third-order valence-electron chi connectivity index (χ3n) is 4.41. The number of halogens is 1. The van der Waals surface area contributed by atoms with E-state index >= 15 is 0 Å². The highest BCUT2D eigenvalue weighted by molar-refractivity contribution is 6.18. The molecule has 1 spiro atoms. The Kier molecular flexibility index (Phi) is 2.61. The van der Waals surface area contributed by atoms with E-state index in [0.29, 0.717) is 0 Å². The van der Waals surface area contributed by atoms with Gasteiger partial charge in [-0.15, -0.1) is 11.6 Å². The number of hydrogen-bond donors (Lipinski definition) is 0. The first-order valence-electron chi connectivity index (χ1n) is 5.74. The Morgan fingerprint density at radius 2 is 2.15 bits per heavy atom. The van der Waals surface area contributed by atoms with Crippen molar-refractivity contribution in [1.82, 2.24) is 0 Å². The van der Waals surface area contributed by atoms with Gasteiger partial charge in [0.1, 0.15) is 0 Å². The monoisotopic (exact) mass is 200 g/mol. The van der Waals surface area contributed by atoms with Crippen LogP contribution in [-0.4, -0.2) is 5.88 Å². The summed E-state index contributed by atoms with van der Waals surface area (Å²) in [6.07, 6.45) is 7.29. The van der Waals surface area contributed by atoms with Crippen LogP contribution in [0.1, 0.15) is 46.0 Å². The maximum Gasteiger partial charge on any atom is 0.0257 e. The molecule has 2 saturated carbocycles. The molecule has 0 N–H and O–H groups in total. The molecule has 3 unspecified atom stereocenters. The zero-order valence-corrected chi connectivity index (χ0v) is 9.61. The molecule has 2 aliphatic rings. The van der Waals surface area contributed by atoms with Crippen LogP contribution in [0.15, 0.2) is 0 Å². The second-order valence-electron chi connectivity index (χ2n) is 5.52. The Hall–Kier alpha value is 0.290. The summed E-state index contributed by atoms with van der Waals surface area (Å²) in [5, 5.41) is 0. The highest BCUT2D eigenvalue weighted by Gasteiger charge is 2.54. The van der Waals surface area contributed by atoms with E-state index in [4.69, 9.17) is 11.6 Å². The Balaban J connectivity index is 1.94. The molecule has 13 heavy (non-hydrogen) atoms. The maximum atomic E-state index is 5.95. The Morgan fingerprint density at radius 1 is 1.38 bits per heavy atom. The highest BCUT2D eigenvalue weighted by atomic mass is 35.5. The van der Waals surface area contributed by atoms with Crippen LogP contribution in [0.3, 0.4) is 0 Å². The maximum absolute atomic E-state index is 5.95. The van der Waals surface area contributed by atoms with Crippen LogP contribution in [0.4, 0.5) is 0 Å². The van der Waals surface area contributed by atoms with Crippen LogP contribution in [0, 0.1) is 23.2 Å². The summed E-state index contributed by atoms with van der Waals surface area (Å²) in [6, 6.07) is 0. The second kappa shape index (κ2) is 3.46. The smallest absolute Gasteiger partial charge is 0.0257 e. The molecule has 0 amide bonds. The van der Waals surface area contributed by atoms with Crippen molar-refractivity contribution in [1.29, 1.82) is 0 Å². The Bertz CT molecular complexity index is 188. The van der Waals surface area contributed by atoms with E-state index < -0.39 is 0 Å². The van der Waals surface area contributed by atoms with E-state index in [2.05, 4.69) is 13.8 Å². The van der Waals surface area contributed by atoms with Gasteiger partial charge in [0.2, 0.25) is 0 Å². The van der Waals surface area contributed by atoms with E-state index in [-0.39, 0.29) is 0 Å². The van der Waals surface area contributed by atoms with Crippen molar-refractivity contribution in [3.05, 3.63) is 0 Å². The Labute approximate surface area is 87.0 Å². The van der Waals surface area contributed by atoms with E-state index in [1.165, 1.54) is 32.1 Å². The SMILES string of the molecule is CC(C)C1CCCC2(C1)CC2CCl. The molecule has 2 fully saturated rings. The predicted molar refractivity (Wildman–Crippen MR) is 58.1 cm³/mol. The first-order valence-corrected chi connectivity index (χ1v) is 6.27. The van der Waals surface area contributed by atoms with Crippen molar-refractivity contribution in [2.45, 2.75) is 46.0 Å². The number of hydrogen-bond acceptors (Lipinski definition) is 0. The molecule has 2 aliphatic carbocycles. The lowest BCUT2D eigenvalue weighted by molar-refractivity contribution is 0.188. The van der Waals surface area contributed by atoms with Gasteiger partial charge in [0.05, 0.1) is 0 Å². The predicted octanol–water partition coefficient (Wildman–Crippen LogP) is 4.08. The van der Waals surface area contributed by atoms with Gasteiger partial charge in [0.25, 0.3) is 0 Å². The summed E-state index contributed by atoms with van der Waals surface area (Å²) in [5.74, 6) is 3.65. The lowest BCUT2D eigenvalue weighted by Crippen LogP contribution is -2.22. The second-order valence-corrected chi connectivity index (χ2v) is 5.83. The molecule has 0 radical (unpaired) electrons. The van der Waals surface area contributed by atoms with E-state index in [1.807, 2.05) is 0 Å². The van der Waals surface area contributed by atoms with Crippen molar-refractivity contribution in [2.24, 2.45) is 23.2 Å². The van der Waals surface area contributed by atoms with Gasteiger partial charge in [-0.3, -0.25) is 0 Å². The molecule has 0 aromatic heterocycles. The molecule has 1 heteroatoms. The topological polar surface area (TPSA) is 0 Å². The molecule has 2 rings (SSSR count). The van der Waals surface area contributed by atoms with Crippen LogP contribution in [0.5, 0.6) is 0 Å². The zero-order chi connectivity index (χ0) is 9.47. The van der Waals surface area contributed by atoms with Gasteiger partial charge in [-0.2, -0.15) is 0 Å². The molecule has 3 atom stereocenters. The van der Waals surface area contributed by atoms with Gasteiger partial charge in [-0.25, -0.2) is 0 Å². The first kappa shape index (κ1) is 9.83. The van der Waals surface area contributed by atoms with Gasteiger partial charge in [-0.05, 0) is 42.4 Å². The molecule has 0 saturated heterocycles. The summed E-state index contributed by atoms with van der Waals surface area (Å²) >= 11 is 5.95. The van der Waals surface area contributed by atoms with Crippen LogP contribution in [0.2, 0.25) is 0 Å². The molecular formula is C12H21Cl. The van der Waals surface area contributed by atoms with Crippen molar-refractivity contribution in [2.75, 3.05) is 5.88 Å². The van der Waals surface area contributed by atoms with Crippen molar-refractivity contribution in [3.8, 4) is 0 Å². The summed E-state index contributed by atoms with van der Waals surface area (Å²) < 4.78 is 0. The summed E-state index contributed by atoms with van der Waals surface area (Å²) in [4.78, 5) is 0. The van der Waals surface area contributed by atoms with Crippen LogP contribution >= 0.6 is 11.6 Å². The van der Waals surface area contributed by atoms with Crippen molar-refractivity contribution in [3.63, 3.8) is 0 Å². The van der Waals surface area contributed by atoms with Crippen LogP contribution in [-0.2, 0) is 0 Å². The molecule has 0 aromatic carbocycles. The number of rotatable bonds is 2. The molecule has 0 bridgehead atoms. The highest BCUT2D eigenvalue weighted by Crippen LogP contribution is 2.63. The van der Waals surface area contributed by atoms with Gasteiger partial charge >= 0.3 is 0 Å². The minimum atomic E-state index is 0.717. The number of alkyl halides is 1. The summed E-state index contributed by atoms with van der Waals surface area (Å²) in [7, 11) is 0. The minimum absolute atomic E-state index is 0.717. The molecule has 0 aliphatic heterocycles. The lowest BCUT2D eigenvalue weighted by Gasteiger charge is -2.32. The average molecular weight is 201 g/mol. The fourth-order valence-electron chi connectivity index (χ4n) is 3.22. The molecular weight excluding hydrogens is 180 g/mol. The van der Waals surface area contributed by atoms with E-state index in [0.717, 1.165) is 29.0 Å². The van der Waals surface area contributed by atoms with E-state index in [1.54, 1.807) is 0 Å². The fraction of sp³-hybridized carbons (Fsp3) is 1.00. The molecule has 76 valence electrons. The third-order valence-corrected chi connectivity index (χ3v) is 4.78. The van der Waals surface area contributed by atoms with Gasteiger partial charge in [-0.1, -0.05) is 26.7 Å². The molecule has 0 aromatic rings. The quantitative estimate of drug-likeness (QED) is 0.590. The summed E-state index contributed by atoms with van der Waals surface area (Å²) in [5.41, 5.74) is 0.717. The van der Waals surface area contributed by atoms with Gasteiger partial charge in [0, 0.05) is 5.88 Å². The van der Waals surface area contributed by atoms with Gasteiger partial charge < -0.3 is 0 Å². The fourth-order valence-corrected chi connectivity index (χ4v) is 3.65. The lowest BCUT2D eigenvalue weighted by atomic mass is 9.73. The van der Waals surface area contributed by atoms with Crippen molar-refractivity contribution < 1.29 is 0 Å². The van der Waals surface area contributed by atoms with Crippen LogP contribution in [0.25, 0.3) is 0 Å².